The van der Waals surface area contributed by atoms with Crippen molar-refractivity contribution in [3.8, 4) is 0 Å². The number of anilines is 1. The van der Waals surface area contributed by atoms with Crippen LogP contribution in [0, 0.1) is 0 Å². The molecule has 8 heteroatoms. The van der Waals surface area contributed by atoms with Gasteiger partial charge < -0.3 is 10.1 Å². The molecule has 0 aliphatic heterocycles. The molecule has 1 aromatic carbocycles. The fourth-order valence-corrected chi connectivity index (χ4v) is 4.41. The first-order valence-electron chi connectivity index (χ1n) is 9.35. The van der Waals surface area contributed by atoms with E-state index in [9.17, 15) is 18.0 Å². The van der Waals surface area contributed by atoms with E-state index in [-0.39, 0.29) is 12.6 Å². The van der Waals surface area contributed by atoms with Gasteiger partial charge in [0.15, 0.2) is 0 Å². The van der Waals surface area contributed by atoms with Crippen LogP contribution in [0.5, 0.6) is 0 Å². The van der Waals surface area contributed by atoms with Gasteiger partial charge in [-0.15, -0.1) is 0 Å². The van der Waals surface area contributed by atoms with Crippen LogP contribution in [-0.4, -0.2) is 50.0 Å². The van der Waals surface area contributed by atoms with Gasteiger partial charge in [0.1, 0.15) is 0 Å². The fraction of sp³-hybridized carbons (Fsp3) is 0.579. The number of carbonyl (C=O) groups excluding carboxylic acids is 2. The Labute approximate surface area is 161 Å². The molecule has 1 N–H and O–H groups in total. The molecule has 1 fully saturated rings. The molecule has 1 aliphatic carbocycles. The minimum absolute atomic E-state index is 0.126. The average molecular weight is 397 g/mol. The van der Waals surface area contributed by atoms with Crippen molar-refractivity contribution in [1.29, 1.82) is 0 Å². The van der Waals surface area contributed by atoms with Crippen molar-refractivity contribution in [2.24, 2.45) is 0 Å². The van der Waals surface area contributed by atoms with Crippen LogP contribution in [0.15, 0.2) is 24.3 Å². The molecule has 0 bridgehead atoms. The Bertz CT molecular complexity index is 738. The first-order chi connectivity index (χ1) is 12.8. The van der Waals surface area contributed by atoms with Crippen LogP contribution in [0.1, 0.15) is 55.8 Å². The zero-order chi connectivity index (χ0) is 19.9. The average Bonchev–Trinajstić information content (AvgIpc) is 2.88. The molecule has 0 saturated heterocycles. The van der Waals surface area contributed by atoms with Gasteiger partial charge in [-0.25, -0.2) is 13.2 Å². The van der Waals surface area contributed by atoms with Gasteiger partial charge in [-0.1, -0.05) is 25.7 Å². The Balaban J connectivity index is 2.01. The van der Waals surface area contributed by atoms with Crippen molar-refractivity contribution in [3.63, 3.8) is 0 Å². The van der Waals surface area contributed by atoms with Gasteiger partial charge in [-0.3, -0.25) is 4.79 Å². The standard InChI is InChI=1S/C19H28N2O5S/c1-3-26-19(23)15-10-12-16(13-11-15)20-18(22)14-21(27(2,24)25)17-8-6-4-5-7-9-17/h10-13,17H,3-9,14H2,1-2H3,(H,20,22). The second-order valence-electron chi connectivity index (χ2n) is 6.80. The number of sulfonamides is 1. The predicted molar refractivity (Wildman–Crippen MR) is 104 cm³/mol. The highest BCUT2D eigenvalue weighted by molar-refractivity contribution is 7.88. The Kier molecular flexibility index (Phi) is 7.79. The predicted octanol–water partition coefficient (Wildman–Crippen LogP) is 2.79. The molecule has 0 spiro atoms. The number of benzene rings is 1. The number of ether oxygens (including phenoxy) is 1. The Morgan fingerprint density at radius 2 is 1.70 bits per heavy atom. The second kappa shape index (κ2) is 9.85. The van der Waals surface area contributed by atoms with Crippen LogP contribution in [0.2, 0.25) is 0 Å². The number of hydrogen-bond acceptors (Lipinski definition) is 5. The van der Waals surface area contributed by atoms with Crippen LogP contribution in [-0.2, 0) is 19.6 Å². The number of rotatable bonds is 7. The highest BCUT2D eigenvalue weighted by Gasteiger charge is 2.29. The van der Waals surface area contributed by atoms with E-state index in [1.54, 1.807) is 31.2 Å². The molecule has 0 atom stereocenters. The first-order valence-corrected chi connectivity index (χ1v) is 11.2. The molecule has 0 heterocycles. The number of amides is 1. The van der Waals surface area contributed by atoms with Crippen molar-refractivity contribution < 1.29 is 22.7 Å². The molecule has 2 rings (SSSR count). The van der Waals surface area contributed by atoms with Crippen LogP contribution >= 0.6 is 0 Å². The maximum atomic E-state index is 12.4. The third-order valence-electron chi connectivity index (χ3n) is 4.64. The molecule has 27 heavy (non-hydrogen) atoms. The summed E-state index contributed by atoms with van der Waals surface area (Å²) in [6, 6.07) is 6.20. The summed E-state index contributed by atoms with van der Waals surface area (Å²) >= 11 is 0. The van der Waals surface area contributed by atoms with Crippen LogP contribution < -0.4 is 5.32 Å². The smallest absolute Gasteiger partial charge is 0.338 e. The maximum Gasteiger partial charge on any atom is 0.338 e. The highest BCUT2D eigenvalue weighted by atomic mass is 32.2. The molecule has 1 aliphatic rings. The van der Waals surface area contributed by atoms with Crippen molar-refractivity contribution in [2.45, 2.75) is 51.5 Å². The zero-order valence-electron chi connectivity index (χ0n) is 15.9. The zero-order valence-corrected chi connectivity index (χ0v) is 16.8. The van der Waals surface area contributed by atoms with Gasteiger partial charge >= 0.3 is 5.97 Å². The summed E-state index contributed by atoms with van der Waals surface area (Å²) in [5, 5.41) is 2.70. The van der Waals surface area contributed by atoms with E-state index in [0.29, 0.717) is 17.9 Å². The van der Waals surface area contributed by atoms with E-state index in [1.807, 2.05) is 0 Å². The summed E-state index contributed by atoms with van der Waals surface area (Å²) in [6.45, 7) is 1.82. The third-order valence-corrected chi connectivity index (χ3v) is 5.92. The molecule has 1 saturated carbocycles. The van der Waals surface area contributed by atoms with Crippen LogP contribution in [0.25, 0.3) is 0 Å². The van der Waals surface area contributed by atoms with Gasteiger partial charge in [0, 0.05) is 11.7 Å². The van der Waals surface area contributed by atoms with Gasteiger partial charge in [-0.2, -0.15) is 4.31 Å². The number of nitrogens with zero attached hydrogens (tertiary/aromatic N) is 1. The van der Waals surface area contributed by atoms with Crippen molar-refractivity contribution >= 4 is 27.6 Å². The van der Waals surface area contributed by atoms with Crippen molar-refractivity contribution in [3.05, 3.63) is 29.8 Å². The largest absolute Gasteiger partial charge is 0.462 e. The van der Waals surface area contributed by atoms with Gasteiger partial charge in [0.25, 0.3) is 0 Å². The van der Waals surface area contributed by atoms with E-state index in [2.05, 4.69) is 5.32 Å². The molecule has 0 unspecified atom stereocenters. The lowest BCUT2D eigenvalue weighted by molar-refractivity contribution is -0.116. The number of esters is 1. The van der Waals surface area contributed by atoms with E-state index in [0.717, 1.165) is 44.8 Å². The number of hydrogen-bond donors (Lipinski definition) is 1. The summed E-state index contributed by atoms with van der Waals surface area (Å²) in [5.41, 5.74) is 0.897. The molecule has 7 nitrogen and oxygen atoms in total. The van der Waals surface area contributed by atoms with Crippen molar-refractivity contribution in [2.75, 3.05) is 24.7 Å². The summed E-state index contributed by atoms with van der Waals surface area (Å²) < 4.78 is 30.6. The highest BCUT2D eigenvalue weighted by Crippen LogP contribution is 2.23. The quantitative estimate of drug-likeness (QED) is 0.565. The Morgan fingerprint density at radius 1 is 1.11 bits per heavy atom. The fourth-order valence-electron chi connectivity index (χ4n) is 3.31. The van der Waals surface area contributed by atoms with Gasteiger partial charge in [-0.05, 0) is 44.0 Å². The molecule has 150 valence electrons. The number of nitrogens with one attached hydrogen (secondary N) is 1. The van der Waals surface area contributed by atoms with E-state index in [1.165, 1.54) is 4.31 Å². The Morgan fingerprint density at radius 3 is 2.22 bits per heavy atom. The second-order valence-corrected chi connectivity index (χ2v) is 8.73. The molecular weight excluding hydrogens is 368 g/mol. The normalized spacial score (nSPS) is 16.0. The molecule has 0 aromatic heterocycles. The van der Waals surface area contributed by atoms with E-state index in [4.69, 9.17) is 4.74 Å². The lowest BCUT2D eigenvalue weighted by Gasteiger charge is -2.28. The third kappa shape index (κ3) is 6.62. The molecule has 1 amide bonds. The van der Waals surface area contributed by atoms with Crippen molar-refractivity contribution in [1.82, 2.24) is 4.31 Å². The van der Waals surface area contributed by atoms with Gasteiger partial charge in [0.2, 0.25) is 15.9 Å². The molecular formula is C19H28N2O5S. The van der Waals surface area contributed by atoms with Crippen LogP contribution in [0.4, 0.5) is 5.69 Å². The van der Waals surface area contributed by atoms with E-state index >= 15 is 0 Å². The molecule has 0 radical (unpaired) electrons. The van der Waals surface area contributed by atoms with Crippen LogP contribution in [0.3, 0.4) is 0 Å². The monoisotopic (exact) mass is 396 g/mol. The lowest BCUT2D eigenvalue weighted by Crippen LogP contribution is -2.44. The Hall–Kier alpha value is -1.93. The summed E-state index contributed by atoms with van der Waals surface area (Å²) in [7, 11) is -3.48. The summed E-state index contributed by atoms with van der Waals surface area (Å²) in [6.07, 6.45) is 6.89. The topological polar surface area (TPSA) is 92.8 Å². The SMILES string of the molecule is CCOC(=O)c1ccc(NC(=O)CN(C2CCCCCC2)S(C)(=O)=O)cc1. The van der Waals surface area contributed by atoms with Gasteiger partial charge in [0.05, 0.1) is 25.0 Å². The number of carbonyl (C=O) groups is 2. The first kappa shape index (κ1) is 21.4. The van der Waals surface area contributed by atoms with E-state index < -0.39 is 21.9 Å². The minimum atomic E-state index is -3.48. The maximum absolute atomic E-state index is 12.4. The lowest BCUT2D eigenvalue weighted by atomic mass is 10.1. The molecule has 1 aromatic rings. The summed E-state index contributed by atoms with van der Waals surface area (Å²) in [5.74, 6) is -0.819. The minimum Gasteiger partial charge on any atom is -0.462 e. The summed E-state index contributed by atoms with van der Waals surface area (Å²) in [4.78, 5) is 24.1.